The summed E-state index contributed by atoms with van der Waals surface area (Å²) in [5.74, 6) is 1.67. The normalized spacial score (nSPS) is 10.9. The van der Waals surface area contributed by atoms with Crippen LogP contribution in [0.4, 0.5) is 0 Å². The van der Waals surface area contributed by atoms with Crippen LogP contribution in [0, 0.1) is 0 Å². The van der Waals surface area contributed by atoms with Gasteiger partial charge < -0.3 is 19.7 Å². The van der Waals surface area contributed by atoms with Crippen LogP contribution in [0.15, 0.2) is 18.2 Å². The van der Waals surface area contributed by atoms with Crippen LogP contribution in [0.1, 0.15) is 32.8 Å². The molecule has 1 aromatic carbocycles. The third-order valence-corrected chi connectivity index (χ3v) is 3.16. The summed E-state index contributed by atoms with van der Waals surface area (Å²) < 4.78 is 11.3. The average Bonchev–Trinajstić information content (AvgIpc) is 2.47. The van der Waals surface area contributed by atoms with Gasteiger partial charge in [-0.15, -0.1) is 0 Å². The first kappa shape index (κ1) is 17.8. The van der Waals surface area contributed by atoms with Crippen LogP contribution in [0.2, 0.25) is 0 Å². The SMILES string of the molecule is CCCNCCN(C)Cc1ccc(OCC)c(OCC)c1. The van der Waals surface area contributed by atoms with Gasteiger partial charge in [0.1, 0.15) is 0 Å². The zero-order valence-electron chi connectivity index (χ0n) is 13.9. The van der Waals surface area contributed by atoms with E-state index >= 15 is 0 Å². The first-order valence-electron chi connectivity index (χ1n) is 7.99. The molecule has 1 aromatic rings. The number of nitrogens with one attached hydrogen (secondary N) is 1. The Labute approximate surface area is 129 Å². The first-order chi connectivity index (χ1) is 10.2. The van der Waals surface area contributed by atoms with E-state index in [0.29, 0.717) is 13.2 Å². The van der Waals surface area contributed by atoms with E-state index in [4.69, 9.17) is 9.47 Å². The van der Waals surface area contributed by atoms with Gasteiger partial charge in [-0.3, -0.25) is 0 Å². The van der Waals surface area contributed by atoms with E-state index in [1.807, 2.05) is 19.9 Å². The minimum absolute atomic E-state index is 0.653. The summed E-state index contributed by atoms with van der Waals surface area (Å²) in [6.07, 6.45) is 1.18. The van der Waals surface area contributed by atoms with Gasteiger partial charge in [0.05, 0.1) is 13.2 Å². The molecule has 120 valence electrons. The predicted molar refractivity (Wildman–Crippen MR) is 88.3 cm³/mol. The molecule has 1 N–H and O–H groups in total. The number of likely N-dealkylation sites (N-methyl/N-ethyl adjacent to an activating group) is 1. The van der Waals surface area contributed by atoms with Crippen molar-refractivity contribution < 1.29 is 9.47 Å². The lowest BCUT2D eigenvalue weighted by Gasteiger charge is -2.18. The number of rotatable bonds is 11. The van der Waals surface area contributed by atoms with Crippen molar-refractivity contribution in [3.05, 3.63) is 23.8 Å². The molecule has 0 aromatic heterocycles. The maximum Gasteiger partial charge on any atom is 0.161 e. The highest BCUT2D eigenvalue weighted by atomic mass is 16.5. The summed E-state index contributed by atoms with van der Waals surface area (Å²) in [5, 5.41) is 3.42. The molecule has 1 rings (SSSR count). The number of ether oxygens (including phenoxy) is 2. The highest BCUT2D eigenvalue weighted by Crippen LogP contribution is 2.28. The van der Waals surface area contributed by atoms with Crippen molar-refractivity contribution >= 4 is 0 Å². The highest BCUT2D eigenvalue weighted by Gasteiger charge is 2.07. The van der Waals surface area contributed by atoms with Crippen molar-refractivity contribution in [1.82, 2.24) is 10.2 Å². The van der Waals surface area contributed by atoms with Gasteiger partial charge in [-0.05, 0) is 51.6 Å². The van der Waals surface area contributed by atoms with E-state index in [1.165, 1.54) is 12.0 Å². The topological polar surface area (TPSA) is 33.7 Å². The number of hydrogen-bond acceptors (Lipinski definition) is 4. The van der Waals surface area contributed by atoms with Crippen molar-refractivity contribution in [3.8, 4) is 11.5 Å². The lowest BCUT2D eigenvalue weighted by Crippen LogP contribution is -2.29. The molecule has 0 fully saturated rings. The Balaban J connectivity index is 2.55. The van der Waals surface area contributed by atoms with Gasteiger partial charge in [0, 0.05) is 19.6 Å². The zero-order chi connectivity index (χ0) is 15.5. The summed E-state index contributed by atoms with van der Waals surface area (Å²) in [7, 11) is 2.14. The largest absolute Gasteiger partial charge is 0.490 e. The number of hydrogen-bond donors (Lipinski definition) is 1. The van der Waals surface area contributed by atoms with Gasteiger partial charge in [-0.2, -0.15) is 0 Å². The Morgan fingerprint density at radius 3 is 2.38 bits per heavy atom. The van der Waals surface area contributed by atoms with Crippen LogP contribution in [0.5, 0.6) is 11.5 Å². The molecule has 4 nitrogen and oxygen atoms in total. The first-order valence-corrected chi connectivity index (χ1v) is 7.99. The summed E-state index contributed by atoms with van der Waals surface area (Å²) >= 11 is 0. The smallest absolute Gasteiger partial charge is 0.161 e. The second-order valence-corrected chi connectivity index (χ2v) is 5.13. The van der Waals surface area contributed by atoms with E-state index in [0.717, 1.165) is 37.7 Å². The van der Waals surface area contributed by atoms with Crippen molar-refractivity contribution in [2.45, 2.75) is 33.7 Å². The number of benzene rings is 1. The van der Waals surface area contributed by atoms with Gasteiger partial charge in [-0.1, -0.05) is 13.0 Å². The van der Waals surface area contributed by atoms with Crippen molar-refractivity contribution in [2.24, 2.45) is 0 Å². The Hall–Kier alpha value is -1.26. The lowest BCUT2D eigenvalue weighted by atomic mass is 10.2. The van der Waals surface area contributed by atoms with Crippen LogP contribution in [0.25, 0.3) is 0 Å². The molecular weight excluding hydrogens is 264 g/mol. The summed E-state index contributed by atoms with van der Waals surface area (Å²) in [4.78, 5) is 2.31. The predicted octanol–water partition coefficient (Wildman–Crippen LogP) is 2.92. The molecule has 0 unspecified atom stereocenters. The van der Waals surface area contributed by atoms with E-state index in [1.54, 1.807) is 0 Å². The highest BCUT2D eigenvalue weighted by molar-refractivity contribution is 5.43. The van der Waals surface area contributed by atoms with E-state index in [9.17, 15) is 0 Å². The molecule has 0 aliphatic rings. The van der Waals surface area contributed by atoms with Gasteiger partial charge in [0.25, 0.3) is 0 Å². The quantitative estimate of drug-likeness (QED) is 0.636. The average molecular weight is 294 g/mol. The third kappa shape index (κ3) is 6.82. The molecule has 0 saturated carbocycles. The fraction of sp³-hybridized carbons (Fsp3) is 0.647. The second kappa shape index (κ2) is 10.5. The molecule has 21 heavy (non-hydrogen) atoms. The molecule has 0 atom stereocenters. The van der Waals surface area contributed by atoms with Crippen LogP contribution in [-0.4, -0.2) is 44.8 Å². The van der Waals surface area contributed by atoms with Crippen LogP contribution in [0.3, 0.4) is 0 Å². The van der Waals surface area contributed by atoms with Crippen molar-refractivity contribution in [3.63, 3.8) is 0 Å². The zero-order valence-corrected chi connectivity index (χ0v) is 13.9. The monoisotopic (exact) mass is 294 g/mol. The van der Waals surface area contributed by atoms with Gasteiger partial charge in [-0.25, -0.2) is 0 Å². The van der Waals surface area contributed by atoms with Gasteiger partial charge in [0.15, 0.2) is 11.5 Å². The summed E-state index contributed by atoms with van der Waals surface area (Å²) in [6, 6.07) is 6.21. The van der Waals surface area contributed by atoms with Crippen LogP contribution < -0.4 is 14.8 Å². The molecule has 0 radical (unpaired) electrons. The minimum Gasteiger partial charge on any atom is -0.490 e. The van der Waals surface area contributed by atoms with Crippen LogP contribution >= 0.6 is 0 Å². The Bertz CT molecular complexity index is 396. The minimum atomic E-state index is 0.653. The Morgan fingerprint density at radius 1 is 1.00 bits per heavy atom. The molecule has 0 aliphatic carbocycles. The maximum atomic E-state index is 5.67. The second-order valence-electron chi connectivity index (χ2n) is 5.13. The molecule has 0 amide bonds. The third-order valence-electron chi connectivity index (χ3n) is 3.16. The van der Waals surface area contributed by atoms with E-state index in [2.05, 4.69) is 36.3 Å². The van der Waals surface area contributed by atoms with Crippen molar-refractivity contribution in [2.75, 3.05) is 39.9 Å². The molecule has 0 heterocycles. The standard InChI is InChI=1S/C17H30N2O2/c1-5-10-18-11-12-19(4)14-15-8-9-16(20-6-2)17(13-15)21-7-3/h8-9,13,18H,5-7,10-12,14H2,1-4H3. The molecule has 0 spiro atoms. The Kier molecular flexibility index (Phi) is 8.87. The molecule has 0 aliphatic heterocycles. The maximum absolute atomic E-state index is 5.67. The van der Waals surface area contributed by atoms with Crippen LogP contribution in [-0.2, 0) is 6.54 Å². The van der Waals surface area contributed by atoms with E-state index < -0.39 is 0 Å². The summed E-state index contributed by atoms with van der Waals surface area (Å²) in [5.41, 5.74) is 1.25. The van der Waals surface area contributed by atoms with Gasteiger partial charge in [0.2, 0.25) is 0 Å². The fourth-order valence-corrected chi connectivity index (χ4v) is 2.16. The molecule has 0 bridgehead atoms. The molecule has 4 heteroatoms. The lowest BCUT2D eigenvalue weighted by molar-refractivity contribution is 0.285. The summed E-state index contributed by atoms with van der Waals surface area (Å²) in [6.45, 7) is 11.5. The Morgan fingerprint density at radius 2 is 1.71 bits per heavy atom. The fourth-order valence-electron chi connectivity index (χ4n) is 2.16. The molecule has 0 saturated heterocycles. The van der Waals surface area contributed by atoms with E-state index in [-0.39, 0.29) is 0 Å². The van der Waals surface area contributed by atoms with Gasteiger partial charge >= 0.3 is 0 Å². The molecular formula is C17H30N2O2. The van der Waals surface area contributed by atoms with Crippen molar-refractivity contribution in [1.29, 1.82) is 0 Å². The number of nitrogens with zero attached hydrogens (tertiary/aromatic N) is 1.